The van der Waals surface area contributed by atoms with Crippen LogP contribution in [0.25, 0.3) is 0 Å². The van der Waals surface area contributed by atoms with E-state index in [1.165, 1.54) is 12.1 Å². The maximum atomic E-state index is 12.1. The Morgan fingerprint density at radius 3 is 2.20 bits per heavy atom. The highest BCUT2D eigenvalue weighted by Gasteiger charge is 2.14. The first-order chi connectivity index (χ1) is 14.3. The van der Waals surface area contributed by atoms with Gasteiger partial charge < -0.3 is 14.8 Å². The van der Waals surface area contributed by atoms with Crippen molar-refractivity contribution in [1.82, 2.24) is 10.6 Å². The number of nitrogens with one attached hydrogen (secondary N) is 2. The molecule has 0 unspecified atom stereocenters. The molecule has 2 aromatic carbocycles. The molecule has 0 heterocycles. The maximum Gasteiger partial charge on any atom is 0.387 e. The van der Waals surface area contributed by atoms with Crippen molar-refractivity contribution in [3.8, 4) is 5.75 Å². The molecular weight excluding hydrogens is 402 g/mol. The molecule has 0 atom stereocenters. The van der Waals surface area contributed by atoms with Crippen LogP contribution in [0.2, 0.25) is 0 Å². The summed E-state index contributed by atoms with van der Waals surface area (Å²) in [6.45, 7) is -4.16. The highest BCUT2D eigenvalue weighted by Crippen LogP contribution is 2.14. The van der Waals surface area contributed by atoms with Crippen molar-refractivity contribution in [3.63, 3.8) is 0 Å². The molecule has 0 spiro atoms. The van der Waals surface area contributed by atoms with Crippen LogP contribution in [0.4, 0.5) is 8.78 Å². The van der Waals surface area contributed by atoms with Crippen LogP contribution in [-0.4, -0.2) is 43.5 Å². The lowest BCUT2D eigenvalue weighted by molar-refractivity contribution is -0.148. The molecule has 0 aliphatic rings. The average molecular weight is 420 g/mol. The first-order valence-electron chi connectivity index (χ1n) is 8.69. The Morgan fingerprint density at radius 2 is 1.57 bits per heavy atom. The van der Waals surface area contributed by atoms with Crippen LogP contribution in [-0.2, 0) is 25.5 Å². The van der Waals surface area contributed by atoms with E-state index >= 15 is 0 Å². The fourth-order valence-electron chi connectivity index (χ4n) is 2.23. The summed E-state index contributed by atoms with van der Waals surface area (Å²) in [5.74, 6) is -3.09. The molecule has 0 fully saturated rings. The van der Waals surface area contributed by atoms with Gasteiger partial charge in [0.15, 0.2) is 6.61 Å². The number of benzene rings is 2. The van der Waals surface area contributed by atoms with E-state index in [1.807, 2.05) is 11.4 Å². The molecule has 8 nitrogen and oxygen atoms in total. The molecule has 0 aliphatic carbocycles. The number of rotatable bonds is 9. The van der Waals surface area contributed by atoms with Crippen LogP contribution in [0.3, 0.4) is 0 Å². The average Bonchev–Trinajstić information content (AvgIpc) is 2.71. The summed E-state index contributed by atoms with van der Waals surface area (Å²) in [6, 6.07) is 13.6. The van der Waals surface area contributed by atoms with Gasteiger partial charge in [-0.25, -0.2) is 0 Å². The van der Waals surface area contributed by atoms with Crippen molar-refractivity contribution in [3.05, 3.63) is 65.7 Å². The smallest absolute Gasteiger partial charge is 0.387 e. The molecule has 0 bridgehead atoms. The lowest BCUT2D eigenvalue weighted by atomic mass is 10.1. The number of imide groups is 1. The van der Waals surface area contributed by atoms with Crippen LogP contribution < -0.4 is 15.4 Å². The highest BCUT2D eigenvalue weighted by molar-refractivity contribution is 6.05. The van der Waals surface area contributed by atoms with Crippen LogP contribution in [0.1, 0.15) is 15.9 Å². The van der Waals surface area contributed by atoms with Gasteiger partial charge in [-0.2, -0.15) is 8.78 Å². The minimum Gasteiger partial charge on any atom is -0.454 e. The van der Waals surface area contributed by atoms with E-state index in [4.69, 9.17) is 0 Å². The van der Waals surface area contributed by atoms with Gasteiger partial charge in [0.25, 0.3) is 11.8 Å². The molecule has 158 valence electrons. The number of hydrogen-bond acceptors (Lipinski definition) is 6. The van der Waals surface area contributed by atoms with Crippen LogP contribution in [0.15, 0.2) is 54.6 Å². The second kappa shape index (κ2) is 11.2. The fraction of sp³-hybridized carbons (Fsp3) is 0.200. The van der Waals surface area contributed by atoms with Gasteiger partial charge in [-0.05, 0) is 29.8 Å². The highest BCUT2D eigenvalue weighted by atomic mass is 19.3. The SMILES string of the molecule is O=C(Cc1ccccc1)NCC(=O)OCC(=O)NC(=O)c1ccc(OC(F)F)cc1. The number of alkyl halides is 2. The zero-order valence-corrected chi connectivity index (χ0v) is 15.6. The Hall–Kier alpha value is -3.82. The predicted molar refractivity (Wildman–Crippen MR) is 99.7 cm³/mol. The molecule has 30 heavy (non-hydrogen) atoms. The summed E-state index contributed by atoms with van der Waals surface area (Å²) >= 11 is 0. The van der Waals surface area contributed by atoms with E-state index in [0.717, 1.165) is 17.7 Å². The first-order valence-corrected chi connectivity index (χ1v) is 8.69. The minimum absolute atomic E-state index is 0.0180. The topological polar surface area (TPSA) is 111 Å². The number of esters is 1. The van der Waals surface area contributed by atoms with E-state index in [2.05, 4.69) is 14.8 Å². The Morgan fingerprint density at radius 1 is 0.900 bits per heavy atom. The molecular formula is C20H18F2N2O6. The van der Waals surface area contributed by atoms with Gasteiger partial charge in [0.05, 0.1) is 6.42 Å². The lowest BCUT2D eigenvalue weighted by Gasteiger charge is -2.08. The van der Waals surface area contributed by atoms with E-state index in [0.29, 0.717) is 0 Å². The van der Waals surface area contributed by atoms with Crippen molar-refractivity contribution < 1.29 is 37.4 Å². The van der Waals surface area contributed by atoms with Crippen LogP contribution in [0.5, 0.6) is 5.75 Å². The first kappa shape index (κ1) is 22.5. The fourth-order valence-corrected chi connectivity index (χ4v) is 2.23. The van der Waals surface area contributed by atoms with Gasteiger partial charge in [-0.15, -0.1) is 0 Å². The predicted octanol–water partition coefficient (Wildman–Crippen LogP) is 1.45. The second-order valence-corrected chi connectivity index (χ2v) is 5.88. The summed E-state index contributed by atoms with van der Waals surface area (Å²) in [5, 5.41) is 4.34. The van der Waals surface area contributed by atoms with Crippen molar-refractivity contribution in [1.29, 1.82) is 0 Å². The molecule has 0 radical (unpaired) electrons. The zero-order valence-electron chi connectivity index (χ0n) is 15.6. The molecule has 0 aromatic heterocycles. The maximum absolute atomic E-state index is 12.1. The third-order valence-electron chi connectivity index (χ3n) is 3.60. The van der Waals surface area contributed by atoms with Gasteiger partial charge in [-0.3, -0.25) is 24.5 Å². The largest absolute Gasteiger partial charge is 0.454 e. The number of halogens is 2. The van der Waals surface area contributed by atoms with E-state index in [1.54, 1.807) is 24.3 Å². The summed E-state index contributed by atoms with van der Waals surface area (Å²) in [5.41, 5.74) is 0.791. The normalized spacial score (nSPS) is 10.2. The Bertz CT molecular complexity index is 888. The van der Waals surface area contributed by atoms with Gasteiger partial charge >= 0.3 is 12.6 Å². The van der Waals surface area contributed by atoms with Crippen molar-refractivity contribution >= 4 is 23.7 Å². The van der Waals surface area contributed by atoms with Gasteiger partial charge in [0, 0.05) is 5.56 Å². The van der Waals surface area contributed by atoms with Gasteiger partial charge in [0.1, 0.15) is 12.3 Å². The third-order valence-corrected chi connectivity index (χ3v) is 3.60. The third kappa shape index (κ3) is 8.05. The van der Waals surface area contributed by atoms with E-state index in [-0.39, 0.29) is 17.7 Å². The quantitative estimate of drug-likeness (QED) is 0.594. The summed E-state index contributed by atoms with van der Waals surface area (Å²) in [7, 11) is 0. The number of hydrogen-bond donors (Lipinski definition) is 2. The van der Waals surface area contributed by atoms with E-state index < -0.39 is 43.5 Å². The molecule has 2 rings (SSSR count). The van der Waals surface area contributed by atoms with Gasteiger partial charge in [-0.1, -0.05) is 30.3 Å². The number of carbonyl (C=O) groups is 4. The lowest BCUT2D eigenvalue weighted by Crippen LogP contribution is -2.36. The summed E-state index contributed by atoms with van der Waals surface area (Å²) in [4.78, 5) is 47.0. The second-order valence-electron chi connectivity index (χ2n) is 5.88. The Kier molecular flexibility index (Phi) is 8.42. The monoisotopic (exact) mass is 420 g/mol. The van der Waals surface area contributed by atoms with Gasteiger partial charge in [0.2, 0.25) is 5.91 Å². The molecule has 0 saturated heterocycles. The number of carbonyl (C=O) groups excluding carboxylic acids is 4. The minimum atomic E-state index is -3.00. The van der Waals surface area contributed by atoms with Crippen molar-refractivity contribution in [2.75, 3.05) is 13.2 Å². The Labute approximate surface area is 170 Å². The molecule has 10 heteroatoms. The molecule has 3 amide bonds. The molecule has 0 aliphatic heterocycles. The number of amides is 3. The molecule has 2 aromatic rings. The molecule has 2 N–H and O–H groups in total. The van der Waals surface area contributed by atoms with Crippen molar-refractivity contribution in [2.45, 2.75) is 13.0 Å². The molecule has 0 saturated carbocycles. The summed E-state index contributed by atoms with van der Waals surface area (Å²) in [6.07, 6.45) is 0.0876. The number of ether oxygens (including phenoxy) is 2. The zero-order chi connectivity index (χ0) is 21.9. The standard InChI is InChI=1S/C20H18F2N2O6/c21-20(22)30-15-8-6-14(7-9-15)19(28)24-17(26)12-29-18(27)11-23-16(25)10-13-4-2-1-3-5-13/h1-9,20H,10-12H2,(H,23,25)(H,24,26,28). The Balaban J connectivity index is 1.68. The summed E-state index contributed by atoms with van der Waals surface area (Å²) < 4.78 is 33.0. The van der Waals surface area contributed by atoms with E-state index in [9.17, 15) is 28.0 Å². The van der Waals surface area contributed by atoms with Crippen LogP contribution >= 0.6 is 0 Å². The van der Waals surface area contributed by atoms with Crippen LogP contribution in [0, 0.1) is 0 Å². The van der Waals surface area contributed by atoms with Crippen molar-refractivity contribution in [2.24, 2.45) is 0 Å².